The molecule has 108 valence electrons. The summed E-state index contributed by atoms with van der Waals surface area (Å²) in [7, 11) is 0. The highest BCUT2D eigenvalue weighted by Crippen LogP contribution is 2.32. The summed E-state index contributed by atoms with van der Waals surface area (Å²) < 4.78 is 0. The number of nitrogens with zero attached hydrogens (tertiary/aromatic N) is 1. The first-order chi connectivity index (χ1) is 10.8. The molecule has 1 aliphatic heterocycles. The van der Waals surface area contributed by atoms with Gasteiger partial charge in [0.15, 0.2) is 0 Å². The third kappa shape index (κ3) is 2.11. The highest BCUT2D eigenvalue weighted by Gasteiger charge is 2.15. The third-order valence-corrected chi connectivity index (χ3v) is 4.00. The Labute approximate surface area is 129 Å². The predicted octanol–water partition coefficient (Wildman–Crippen LogP) is 3.90. The van der Waals surface area contributed by atoms with Crippen molar-refractivity contribution < 1.29 is 0 Å². The number of aryl methyl sites for hydroxylation is 1. The number of pyridine rings is 1. The van der Waals surface area contributed by atoms with E-state index in [0.29, 0.717) is 0 Å². The number of aromatic amines is 1. The lowest BCUT2D eigenvalue weighted by Crippen LogP contribution is -2.16. The maximum absolute atomic E-state index is 4.39. The van der Waals surface area contributed by atoms with Gasteiger partial charge in [-0.3, -0.25) is 0 Å². The molecule has 0 unspecified atom stereocenters. The Morgan fingerprint density at radius 3 is 3.00 bits per heavy atom. The number of hydrogen-bond acceptors (Lipinski definition) is 2. The standard InChI is InChI=1S/C19H17N3/c1-13-5-2-6-14(11-13)18-15(7-3-9-20-18)17-12-22-19-16(17)8-4-10-21-19/h2-8,10-12,20H,9H2,1H3,(H,21,22). The van der Waals surface area contributed by atoms with Crippen LogP contribution < -0.4 is 5.32 Å². The van der Waals surface area contributed by atoms with Crippen molar-refractivity contribution in [2.45, 2.75) is 6.92 Å². The zero-order valence-corrected chi connectivity index (χ0v) is 12.4. The molecule has 3 heteroatoms. The fourth-order valence-electron chi connectivity index (χ4n) is 2.98. The molecule has 0 bridgehead atoms. The third-order valence-electron chi connectivity index (χ3n) is 4.00. The van der Waals surface area contributed by atoms with Crippen LogP contribution in [0.5, 0.6) is 0 Å². The van der Waals surface area contributed by atoms with Crippen LogP contribution in [0.2, 0.25) is 0 Å². The number of fused-ring (bicyclic) bond motifs is 1. The summed E-state index contributed by atoms with van der Waals surface area (Å²) in [5.74, 6) is 0. The topological polar surface area (TPSA) is 40.7 Å². The quantitative estimate of drug-likeness (QED) is 0.750. The molecule has 3 aromatic rings. The smallest absolute Gasteiger partial charge is 0.137 e. The number of nitrogens with one attached hydrogen (secondary N) is 2. The summed E-state index contributed by atoms with van der Waals surface area (Å²) in [6.07, 6.45) is 8.21. The van der Waals surface area contributed by atoms with Gasteiger partial charge < -0.3 is 10.3 Å². The van der Waals surface area contributed by atoms with Gasteiger partial charge in [-0.15, -0.1) is 0 Å². The van der Waals surface area contributed by atoms with Crippen molar-refractivity contribution in [3.05, 3.63) is 77.6 Å². The normalized spacial score (nSPS) is 14.4. The van der Waals surface area contributed by atoms with Gasteiger partial charge in [0.2, 0.25) is 0 Å². The van der Waals surface area contributed by atoms with Gasteiger partial charge in [0, 0.05) is 41.2 Å². The van der Waals surface area contributed by atoms with Crippen molar-refractivity contribution in [2.75, 3.05) is 6.54 Å². The Kier molecular flexibility index (Phi) is 3.04. The second-order valence-electron chi connectivity index (χ2n) is 5.54. The van der Waals surface area contributed by atoms with E-state index in [-0.39, 0.29) is 0 Å². The fourth-order valence-corrected chi connectivity index (χ4v) is 2.98. The molecule has 0 saturated carbocycles. The van der Waals surface area contributed by atoms with Crippen molar-refractivity contribution in [3.63, 3.8) is 0 Å². The molecule has 3 nitrogen and oxygen atoms in total. The molecule has 2 aromatic heterocycles. The van der Waals surface area contributed by atoms with E-state index in [1.807, 2.05) is 18.5 Å². The van der Waals surface area contributed by atoms with Gasteiger partial charge in [-0.1, -0.05) is 35.9 Å². The maximum atomic E-state index is 4.39. The number of rotatable bonds is 2. The molecule has 22 heavy (non-hydrogen) atoms. The highest BCUT2D eigenvalue weighted by molar-refractivity contribution is 6.03. The first-order valence-electron chi connectivity index (χ1n) is 7.47. The Morgan fingerprint density at radius 1 is 1.14 bits per heavy atom. The molecule has 0 atom stereocenters. The number of aromatic nitrogens is 2. The summed E-state index contributed by atoms with van der Waals surface area (Å²) in [4.78, 5) is 7.65. The number of hydrogen-bond donors (Lipinski definition) is 2. The van der Waals surface area contributed by atoms with Crippen LogP contribution in [0.3, 0.4) is 0 Å². The van der Waals surface area contributed by atoms with Gasteiger partial charge in [-0.05, 0) is 30.7 Å². The van der Waals surface area contributed by atoms with E-state index in [4.69, 9.17) is 0 Å². The summed E-state index contributed by atoms with van der Waals surface area (Å²) in [6, 6.07) is 12.7. The Morgan fingerprint density at radius 2 is 2.09 bits per heavy atom. The summed E-state index contributed by atoms with van der Waals surface area (Å²) >= 11 is 0. The Bertz CT molecular complexity index is 900. The first kappa shape index (κ1) is 12.9. The Hall–Kier alpha value is -2.81. The number of allylic oxidation sites excluding steroid dienone is 2. The SMILES string of the molecule is Cc1cccc(C2=C(c3c[nH]c4ncccc34)C=CCN2)c1. The van der Waals surface area contributed by atoms with E-state index < -0.39 is 0 Å². The van der Waals surface area contributed by atoms with Gasteiger partial charge in [-0.2, -0.15) is 0 Å². The van der Waals surface area contributed by atoms with Crippen LogP contribution in [0.1, 0.15) is 16.7 Å². The van der Waals surface area contributed by atoms with E-state index in [2.05, 4.69) is 64.7 Å². The van der Waals surface area contributed by atoms with Gasteiger partial charge in [0.1, 0.15) is 5.65 Å². The second kappa shape index (κ2) is 5.19. The van der Waals surface area contributed by atoms with Crippen LogP contribution in [-0.2, 0) is 0 Å². The number of benzene rings is 1. The largest absolute Gasteiger partial charge is 0.381 e. The molecule has 1 aromatic carbocycles. The lowest BCUT2D eigenvalue weighted by Gasteiger charge is -2.18. The number of dihydropyridines is 1. The molecule has 3 heterocycles. The first-order valence-corrected chi connectivity index (χ1v) is 7.47. The van der Waals surface area contributed by atoms with E-state index in [1.54, 1.807) is 0 Å². The molecule has 0 spiro atoms. The van der Waals surface area contributed by atoms with E-state index in [9.17, 15) is 0 Å². The van der Waals surface area contributed by atoms with Crippen LogP contribution in [0.15, 0.2) is 60.9 Å². The van der Waals surface area contributed by atoms with Crippen molar-refractivity contribution >= 4 is 22.3 Å². The molecule has 0 radical (unpaired) electrons. The van der Waals surface area contributed by atoms with Crippen LogP contribution >= 0.6 is 0 Å². The highest BCUT2D eigenvalue weighted by atomic mass is 14.9. The van der Waals surface area contributed by atoms with Crippen LogP contribution in [0.4, 0.5) is 0 Å². The monoisotopic (exact) mass is 287 g/mol. The molecule has 0 amide bonds. The molecule has 1 aliphatic rings. The van der Waals surface area contributed by atoms with E-state index >= 15 is 0 Å². The van der Waals surface area contributed by atoms with Crippen LogP contribution in [-0.4, -0.2) is 16.5 Å². The zero-order chi connectivity index (χ0) is 14.9. The van der Waals surface area contributed by atoms with Crippen molar-refractivity contribution in [1.29, 1.82) is 0 Å². The van der Waals surface area contributed by atoms with Gasteiger partial charge in [0.25, 0.3) is 0 Å². The molecular weight excluding hydrogens is 270 g/mol. The molecule has 0 fully saturated rings. The summed E-state index contributed by atoms with van der Waals surface area (Å²) in [6.45, 7) is 2.98. The molecule has 4 rings (SSSR count). The molecule has 0 saturated heterocycles. The predicted molar refractivity (Wildman–Crippen MR) is 91.2 cm³/mol. The fraction of sp³-hybridized carbons (Fsp3) is 0.105. The lowest BCUT2D eigenvalue weighted by molar-refractivity contribution is 0.999. The summed E-state index contributed by atoms with van der Waals surface area (Å²) in [5.41, 5.74) is 6.97. The molecular formula is C19H17N3. The van der Waals surface area contributed by atoms with Crippen LogP contribution in [0, 0.1) is 6.92 Å². The second-order valence-corrected chi connectivity index (χ2v) is 5.54. The summed E-state index contributed by atoms with van der Waals surface area (Å²) in [5, 5.41) is 4.67. The van der Waals surface area contributed by atoms with Crippen molar-refractivity contribution in [3.8, 4) is 0 Å². The zero-order valence-electron chi connectivity index (χ0n) is 12.4. The molecule has 0 aliphatic carbocycles. The minimum absolute atomic E-state index is 0.855. The van der Waals surface area contributed by atoms with Crippen molar-refractivity contribution in [1.82, 2.24) is 15.3 Å². The van der Waals surface area contributed by atoms with E-state index in [1.165, 1.54) is 28.0 Å². The maximum Gasteiger partial charge on any atom is 0.137 e. The lowest BCUT2D eigenvalue weighted by atomic mass is 9.96. The van der Waals surface area contributed by atoms with E-state index in [0.717, 1.165) is 17.6 Å². The van der Waals surface area contributed by atoms with Gasteiger partial charge >= 0.3 is 0 Å². The van der Waals surface area contributed by atoms with Gasteiger partial charge in [0.05, 0.1) is 0 Å². The van der Waals surface area contributed by atoms with Crippen molar-refractivity contribution in [2.24, 2.45) is 0 Å². The van der Waals surface area contributed by atoms with Crippen LogP contribution in [0.25, 0.3) is 22.3 Å². The Balaban J connectivity index is 1.95. The minimum Gasteiger partial charge on any atom is -0.381 e. The number of H-pyrrole nitrogens is 1. The average molecular weight is 287 g/mol. The van der Waals surface area contributed by atoms with Gasteiger partial charge in [-0.25, -0.2) is 4.98 Å². The molecule has 2 N–H and O–H groups in total. The minimum atomic E-state index is 0.855. The average Bonchev–Trinajstić information content (AvgIpc) is 2.99.